The minimum atomic E-state index is -1.07. The first-order valence-electron chi connectivity index (χ1n) is 7.84. The van der Waals surface area contributed by atoms with Crippen molar-refractivity contribution < 1.29 is 19.0 Å². The molecule has 5 nitrogen and oxygen atoms in total. The SMILES string of the molecule is COC(=O)C(C)(C)C(O)c1ccc2c(cnn2-c2ccc(F)cc2)c1. The molecule has 25 heavy (non-hydrogen) atoms. The average Bonchev–Trinajstić information content (AvgIpc) is 3.04. The molecule has 1 unspecified atom stereocenters. The van der Waals surface area contributed by atoms with E-state index in [1.807, 2.05) is 6.07 Å². The van der Waals surface area contributed by atoms with E-state index in [0.717, 1.165) is 16.6 Å². The fourth-order valence-corrected chi connectivity index (χ4v) is 2.80. The number of aliphatic hydroxyl groups excluding tert-OH is 1. The standard InChI is InChI=1S/C19H19FN2O3/c1-19(2,18(24)25-3)17(23)12-4-9-16-13(10-12)11-21-22(16)15-7-5-14(20)6-8-15/h4-11,17,23H,1-3H3. The first kappa shape index (κ1) is 17.1. The van der Waals surface area contributed by atoms with Crippen LogP contribution in [0.5, 0.6) is 0 Å². The van der Waals surface area contributed by atoms with Crippen LogP contribution in [0.3, 0.4) is 0 Å². The molecule has 0 radical (unpaired) electrons. The van der Waals surface area contributed by atoms with Crippen molar-refractivity contribution in [3.05, 3.63) is 60.0 Å². The van der Waals surface area contributed by atoms with Gasteiger partial charge in [-0.05, 0) is 55.8 Å². The summed E-state index contributed by atoms with van der Waals surface area (Å²) in [6, 6.07) is 11.4. The van der Waals surface area contributed by atoms with Gasteiger partial charge >= 0.3 is 5.97 Å². The summed E-state index contributed by atoms with van der Waals surface area (Å²) in [4.78, 5) is 11.9. The lowest BCUT2D eigenvalue weighted by molar-refractivity contribution is -0.157. The monoisotopic (exact) mass is 342 g/mol. The van der Waals surface area contributed by atoms with Crippen molar-refractivity contribution >= 4 is 16.9 Å². The van der Waals surface area contributed by atoms with Gasteiger partial charge in [-0.25, -0.2) is 9.07 Å². The molecule has 1 atom stereocenters. The van der Waals surface area contributed by atoms with Gasteiger partial charge in [0.05, 0.1) is 36.0 Å². The van der Waals surface area contributed by atoms with Gasteiger partial charge in [0.2, 0.25) is 0 Å². The van der Waals surface area contributed by atoms with Gasteiger partial charge in [0.15, 0.2) is 0 Å². The number of esters is 1. The van der Waals surface area contributed by atoms with E-state index >= 15 is 0 Å². The lowest BCUT2D eigenvalue weighted by atomic mass is 9.82. The van der Waals surface area contributed by atoms with E-state index in [0.29, 0.717) is 5.56 Å². The van der Waals surface area contributed by atoms with Crippen molar-refractivity contribution in [1.82, 2.24) is 9.78 Å². The summed E-state index contributed by atoms with van der Waals surface area (Å²) in [5.74, 6) is -0.794. The first-order valence-corrected chi connectivity index (χ1v) is 7.84. The Morgan fingerprint density at radius 1 is 1.24 bits per heavy atom. The summed E-state index contributed by atoms with van der Waals surface area (Å²) in [5, 5.41) is 15.7. The third-order valence-corrected chi connectivity index (χ3v) is 4.37. The van der Waals surface area contributed by atoms with Crippen LogP contribution in [-0.4, -0.2) is 28.0 Å². The summed E-state index contributed by atoms with van der Waals surface area (Å²) in [7, 11) is 1.30. The maximum absolute atomic E-state index is 13.1. The quantitative estimate of drug-likeness (QED) is 0.738. The number of benzene rings is 2. The van der Waals surface area contributed by atoms with Gasteiger partial charge in [-0.1, -0.05) is 6.07 Å². The summed E-state index contributed by atoms with van der Waals surface area (Å²) >= 11 is 0. The van der Waals surface area contributed by atoms with Crippen molar-refractivity contribution in [1.29, 1.82) is 0 Å². The van der Waals surface area contributed by atoms with Gasteiger partial charge in [-0.2, -0.15) is 5.10 Å². The van der Waals surface area contributed by atoms with Gasteiger partial charge < -0.3 is 9.84 Å². The van der Waals surface area contributed by atoms with E-state index in [1.165, 1.54) is 19.2 Å². The molecule has 0 aliphatic rings. The van der Waals surface area contributed by atoms with Gasteiger partial charge in [0.25, 0.3) is 0 Å². The number of nitrogens with zero attached hydrogens (tertiary/aromatic N) is 2. The number of hydrogen-bond donors (Lipinski definition) is 1. The number of methoxy groups -OCH3 is 1. The molecule has 0 saturated heterocycles. The first-order chi connectivity index (χ1) is 11.8. The number of ether oxygens (including phenoxy) is 1. The second kappa shape index (κ2) is 6.29. The molecule has 2 aromatic carbocycles. The molecular formula is C19H19FN2O3. The van der Waals surface area contributed by atoms with E-state index in [4.69, 9.17) is 4.74 Å². The van der Waals surface area contributed by atoms with Crippen LogP contribution in [0.2, 0.25) is 0 Å². The Bertz CT molecular complexity index is 916. The average molecular weight is 342 g/mol. The molecule has 0 saturated carbocycles. The van der Waals surface area contributed by atoms with Crippen molar-refractivity contribution in [3.8, 4) is 5.69 Å². The van der Waals surface area contributed by atoms with Gasteiger partial charge in [0.1, 0.15) is 5.82 Å². The summed E-state index contributed by atoms with van der Waals surface area (Å²) in [6.07, 6.45) is 0.651. The number of aliphatic hydroxyl groups is 1. The van der Waals surface area contributed by atoms with Crippen LogP contribution >= 0.6 is 0 Å². The molecule has 0 fully saturated rings. The summed E-state index contributed by atoms with van der Waals surface area (Å²) in [5.41, 5.74) is 1.08. The zero-order valence-electron chi connectivity index (χ0n) is 14.2. The van der Waals surface area contributed by atoms with E-state index in [2.05, 4.69) is 5.10 Å². The number of carbonyl (C=O) groups is 1. The van der Waals surface area contributed by atoms with Crippen LogP contribution in [0, 0.1) is 11.2 Å². The van der Waals surface area contributed by atoms with Crippen LogP contribution in [0.25, 0.3) is 16.6 Å². The Labute approximate surface area is 144 Å². The third kappa shape index (κ3) is 3.00. The topological polar surface area (TPSA) is 64.3 Å². The molecule has 6 heteroatoms. The Balaban J connectivity index is 2.00. The molecular weight excluding hydrogens is 323 g/mol. The maximum atomic E-state index is 13.1. The molecule has 0 amide bonds. The van der Waals surface area contributed by atoms with Crippen LogP contribution in [0.4, 0.5) is 4.39 Å². The minimum absolute atomic E-state index is 0.310. The Kier molecular flexibility index (Phi) is 4.30. The molecule has 130 valence electrons. The molecule has 1 aromatic heterocycles. The highest BCUT2D eigenvalue weighted by molar-refractivity contribution is 5.82. The smallest absolute Gasteiger partial charge is 0.314 e. The Morgan fingerprint density at radius 3 is 2.56 bits per heavy atom. The van der Waals surface area contributed by atoms with Crippen molar-refractivity contribution in [2.75, 3.05) is 7.11 Å². The summed E-state index contributed by atoms with van der Waals surface area (Å²) < 4.78 is 19.6. The molecule has 3 rings (SSSR count). The van der Waals surface area contributed by atoms with Crippen molar-refractivity contribution in [2.45, 2.75) is 20.0 Å². The second-order valence-electron chi connectivity index (χ2n) is 6.47. The molecule has 0 aliphatic heterocycles. The predicted molar refractivity (Wildman–Crippen MR) is 91.8 cm³/mol. The van der Waals surface area contributed by atoms with Crippen molar-refractivity contribution in [2.24, 2.45) is 5.41 Å². The molecule has 0 aliphatic carbocycles. The van der Waals surface area contributed by atoms with E-state index in [-0.39, 0.29) is 5.82 Å². The molecule has 0 spiro atoms. The van der Waals surface area contributed by atoms with Crippen LogP contribution in [0.1, 0.15) is 25.5 Å². The molecule has 1 N–H and O–H groups in total. The van der Waals surface area contributed by atoms with Gasteiger partial charge in [0, 0.05) is 5.39 Å². The third-order valence-electron chi connectivity index (χ3n) is 4.37. The van der Waals surface area contributed by atoms with Gasteiger partial charge in [-0.3, -0.25) is 4.79 Å². The van der Waals surface area contributed by atoms with Crippen LogP contribution in [-0.2, 0) is 9.53 Å². The predicted octanol–water partition coefficient (Wildman–Crippen LogP) is 3.40. The van der Waals surface area contributed by atoms with Crippen molar-refractivity contribution in [3.63, 3.8) is 0 Å². The molecule has 3 aromatic rings. The summed E-state index contributed by atoms with van der Waals surface area (Å²) in [6.45, 7) is 3.27. The normalized spacial score (nSPS) is 13.0. The molecule has 1 heterocycles. The van der Waals surface area contributed by atoms with E-state index < -0.39 is 17.5 Å². The highest BCUT2D eigenvalue weighted by Crippen LogP contribution is 2.35. The lowest BCUT2D eigenvalue weighted by Crippen LogP contribution is -2.32. The maximum Gasteiger partial charge on any atom is 0.314 e. The molecule has 0 bridgehead atoms. The van der Waals surface area contributed by atoms with E-state index in [9.17, 15) is 14.3 Å². The highest BCUT2D eigenvalue weighted by Gasteiger charge is 2.38. The van der Waals surface area contributed by atoms with Gasteiger partial charge in [-0.15, -0.1) is 0 Å². The number of hydrogen-bond acceptors (Lipinski definition) is 4. The fourth-order valence-electron chi connectivity index (χ4n) is 2.80. The number of rotatable bonds is 4. The Hall–Kier alpha value is -2.73. The van der Waals surface area contributed by atoms with E-state index in [1.54, 1.807) is 49.0 Å². The fraction of sp³-hybridized carbons (Fsp3) is 0.263. The number of carbonyl (C=O) groups excluding carboxylic acids is 1. The lowest BCUT2D eigenvalue weighted by Gasteiger charge is -2.27. The number of aromatic nitrogens is 2. The second-order valence-corrected chi connectivity index (χ2v) is 6.47. The van der Waals surface area contributed by atoms with Crippen LogP contribution < -0.4 is 0 Å². The zero-order chi connectivity index (χ0) is 18.2. The minimum Gasteiger partial charge on any atom is -0.469 e. The zero-order valence-corrected chi connectivity index (χ0v) is 14.2. The number of halogens is 1. The number of fused-ring (bicyclic) bond motifs is 1. The highest BCUT2D eigenvalue weighted by atomic mass is 19.1. The Morgan fingerprint density at radius 2 is 1.92 bits per heavy atom. The van der Waals surface area contributed by atoms with Crippen LogP contribution in [0.15, 0.2) is 48.7 Å². The largest absolute Gasteiger partial charge is 0.469 e.